The Hall–Kier alpha value is -2.38. The van der Waals surface area contributed by atoms with E-state index in [2.05, 4.69) is 37.0 Å². The van der Waals surface area contributed by atoms with Gasteiger partial charge in [0.25, 0.3) is 0 Å². The van der Waals surface area contributed by atoms with E-state index in [0.717, 1.165) is 12.2 Å². The first-order valence-corrected chi connectivity index (χ1v) is 9.70. The SMILES string of the molecule is CC#CC[C@@H](C)[C@H](O)/C=C/[C@H]1[C@@H]2c3cccc(CC)c3O[C@@H]2C[C@@H]1O.O=C=O. The van der Waals surface area contributed by atoms with Crippen molar-refractivity contribution >= 4 is 6.15 Å². The van der Waals surface area contributed by atoms with Gasteiger partial charge in [0.1, 0.15) is 11.9 Å². The van der Waals surface area contributed by atoms with E-state index in [1.807, 2.05) is 26.0 Å². The van der Waals surface area contributed by atoms with Crippen LogP contribution in [0.15, 0.2) is 30.4 Å². The standard InChI is InChI=1S/C22H28O3.CO2/c1-4-6-8-14(3)18(23)12-11-16-19(24)13-20-21(16)17-10-7-9-15(5-2)22(17)25-20;2-1-3/h7,9-12,14,16,18-21,23-24H,5,8,13H2,1-3H3;/b12-11+;/t14-,16-,18-,19+,20-,21-;/m1./s1. The average molecular weight is 384 g/mol. The molecule has 1 aromatic carbocycles. The van der Waals surface area contributed by atoms with Crippen LogP contribution in [0.4, 0.5) is 0 Å². The molecule has 2 aliphatic rings. The van der Waals surface area contributed by atoms with E-state index in [0.29, 0.717) is 12.8 Å². The number of aryl methyl sites for hydroxylation is 1. The van der Waals surface area contributed by atoms with Gasteiger partial charge in [0.15, 0.2) is 0 Å². The summed E-state index contributed by atoms with van der Waals surface area (Å²) in [6, 6.07) is 6.31. The lowest BCUT2D eigenvalue weighted by Gasteiger charge is -2.19. The Morgan fingerprint density at radius 1 is 1.36 bits per heavy atom. The number of para-hydroxylation sites is 1. The minimum atomic E-state index is -0.545. The molecular formula is C23H28O5. The normalized spacial score (nSPS) is 26.6. The summed E-state index contributed by atoms with van der Waals surface area (Å²) in [4.78, 5) is 16.2. The van der Waals surface area contributed by atoms with Crippen LogP contribution < -0.4 is 4.74 Å². The number of benzene rings is 1. The van der Waals surface area contributed by atoms with Crippen molar-refractivity contribution in [2.75, 3.05) is 0 Å². The Balaban J connectivity index is 0.000000878. The summed E-state index contributed by atoms with van der Waals surface area (Å²) in [7, 11) is 0. The number of fused-ring (bicyclic) bond motifs is 3. The molecule has 0 unspecified atom stereocenters. The van der Waals surface area contributed by atoms with Crippen molar-refractivity contribution < 1.29 is 24.5 Å². The van der Waals surface area contributed by atoms with Gasteiger partial charge >= 0.3 is 6.15 Å². The fraction of sp³-hybridized carbons (Fsp3) is 0.522. The summed E-state index contributed by atoms with van der Waals surface area (Å²) >= 11 is 0. The van der Waals surface area contributed by atoms with E-state index >= 15 is 0 Å². The highest BCUT2D eigenvalue weighted by molar-refractivity contribution is 5.49. The first kappa shape index (κ1) is 21.9. The molecule has 0 aromatic heterocycles. The maximum Gasteiger partial charge on any atom is 0.373 e. The highest BCUT2D eigenvalue weighted by atomic mass is 16.5. The van der Waals surface area contributed by atoms with Crippen molar-refractivity contribution in [3.05, 3.63) is 41.5 Å². The Labute approximate surface area is 166 Å². The third-order valence-corrected chi connectivity index (χ3v) is 5.58. The Morgan fingerprint density at radius 3 is 2.71 bits per heavy atom. The van der Waals surface area contributed by atoms with Gasteiger partial charge in [-0.25, -0.2) is 0 Å². The zero-order valence-corrected chi connectivity index (χ0v) is 16.6. The molecule has 5 heteroatoms. The minimum Gasteiger partial charge on any atom is -0.489 e. The van der Waals surface area contributed by atoms with E-state index in [1.54, 1.807) is 0 Å². The summed E-state index contributed by atoms with van der Waals surface area (Å²) in [6.45, 7) is 5.94. The van der Waals surface area contributed by atoms with E-state index in [1.165, 1.54) is 11.1 Å². The third kappa shape index (κ3) is 4.72. The molecule has 1 fully saturated rings. The van der Waals surface area contributed by atoms with Crippen molar-refractivity contribution in [2.24, 2.45) is 11.8 Å². The van der Waals surface area contributed by atoms with Crippen LogP contribution in [0.5, 0.6) is 5.75 Å². The number of hydrogen-bond acceptors (Lipinski definition) is 5. The first-order chi connectivity index (χ1) is 13.5. The molecule has 0 spiro atoms. The quantitative estimate of drug-likeness (QED) is 0.602. The molecule has 150 valence electrons. The molecule has 5 nitrogen and oxygen atoms in total. The topological polar surface area (TPSA) is 83.8 Å². The Bertz CT molecular complexity index is 782. The summed E-state index contributed by atoms with van der Waals surface area (Å²) in [6.07, 6.45) is 5.40. The molecule has 1 heterocycles. The molecule has 0 saturated heterocycles. The molecule has 0 radical (unpaired) electrons. The number of hydrogen-bond donors (Lipinski definition) is 2. The molecule has 1 saturated carbocycles. The maximum atomic E-state index is 10.5. The Kier molecular flexibility index (Phi) is 8.02. The number of carbonyl (C=O) groups excluding carboxylic acids is 2. The monoisotopic (exact) mass is 384 g/mol. The molecule has 1 aliphatic heterocycles. The van der Waals surface area contributed by atoms with Gasteiger partial charge in [-0.1, -0.05) is 44.2 Å². The number of aliphatic hydroxyl groups is 2. The number of ether oxygens (including phenoxy) is 1. The lowest BCUT2D eigenvalue weighted by Crippen LogP contribution is -2.19. The van der Waals surface area contributed by atoms with Gasteiger partial charge in [-0.05, 0) is 24.8 Å². The van der Waals surface area contributed by atoms with Gasteiger partial charge in [-0.15, -0.1) is 11.8 Å². The Morgan fingerprint density at radius 2 is 2.07 bits per heavy atom. The van der Waals surface area contributed by atoms with Gasteiger partial charge in [0, 0.05) is 30.2 Å². The van der Waals surface area contributed by atoms with Crippen molar-refractivity contribution in [2.45, 2.75) is 64.3 Å². The second-order valence-corrected chi connectivity index (χ2v) is 7.32. The third-order valence-electron chi connectivity index (χ3n) is 5.58. The van der Waals surface area contributed by atoms with E-state index < -0.39 is 12.2 Å². The van der Waals surface area contributed by atoms with Crippen molar-refractivity contribution in [1.82, 2.24) is 0 Å². The van der Waals surface area contributed by atoms with Crippen LogP contribution in [-0.2, 0) is 16.0 Å². The van der Waals surface area contributed by atoms with Crippen LogP contribution in [0.3, 0.4) is 0 Å². The highest BCUT2D eigenvalue weighted by Gasteiger charge is 2.48. The van der Waals surface area contributed by atoms with Gasteiger partial charge < -0.3 is 14.9 Å². The summed E-state index contributed by atoms with van der Waals surface area (Å²) < 4.78 is 6.19. The maximum absolute atomic E-state index is 10.5. The predicted octanol–water partition coefficient (Wildman–Crippen LogP) is 2.86. The van der Waals surface area contributed by atoms with Crippen molar-refractivity contribution in [1.29, 1.82) is 0 Å². The first-order valence-electron chi connectivity index (χ1n) is 9.70. The smallest absolute Gasteiger partial charge is 0.373 e. The number of rotatable bonds is 5. The zero-order chi connectivity index (χ0) is 20.7. The molecule has 28 heavy (non-hydrogen) atoms. The van der Waals surface area contributed by atoms with Crippen LogP contribution in [0.1, 0.15) is 50.7 Å². The minimum absolute atomic E-state index is 0.0162. The van der Waals surface area contributed by atoms with Crippen molar-refractivity contribution in [3.63, 3.8) is 0 Å². The fourth-order valence-corrected chi connectivity index (χ4v) is 4.06. The largest absolute Gasteiger partial charge is 0.489 e. The van der Waals surface area contributed by atoms with Crippen LogP contribution in [0, 0.1) is 23.7 Å². The zero-order valence-electron chi connectivity index (χ0n) is 16.6. The van der Waals surface area contributed by atoms with Gasteiger partial charge in [0.2, 0.25) is 0 Å². The van der Waals surface area contributed by atoms with Crippen molar-refractivity contribution in [3.8, 4) is 17.6 Å². The molecule has 2 N–H and O–H groups in total. The fourth-order valence-electron chi connectivity index (χ4n) is 4.06. The molecule has 1 aromatic rings. The molecule has 6 atom stereocenters. The van der Waals surface area contributed by atoms with E-state index in [-0.39, 0.29) is 30.0 Å². The van der Waals surface area contributed by atoms with Gasteiger partial charge in [0.05, 0.1) is 12.2 Å². The highest BCUT2D eigenvalue weighted by Crippen LogP contribution is 2.51. The van der Waals surface area contributed by atoms with E-state index in [4.69, 9.17) is 14.3 Å². The number of aliphatic hydroxyl groups excluding tert-OH is 2. The summed E-state index contributed by atoms with van der Waals surface area (Å²) in [5.41, 5.74) is 2.44. The van der Waals surface area contributed by atoms with Crippen LogP contribution >= 0.6 is 0 Å². The van der Waals surface area contributed by atoms with E-state index in [9.17, 15) is 10.2 Å². The molecular weight excluding hydrogens is 356 g/mol. The van der Waals surface area contributed by atoms with Crippen LogP contribution in [0.25, 0.3) is 0 Å². The van der Waals surface area contributed by atoms with Gasteiger partial charge in [-0.2, -0.15) is 9.59 Å². The lowest BCUT2D eigenvalue weighted by molar-refractivity contribution is -0.191. The molecule has 0 amide bonds. The van der Waals surface area contributed by atoms with Crippen LogP contribution in [-0.4, -0.2) is 34.7 Å². The van der Waals surface area contributed by atoms with Gasteiger partial charge in [-0.3, -0.25) is 0 Å². The lowest BCUT2D eigenvalue weighted by atomic mass is 9.86. The second-order valence-electron chi connectivity index (χ2n) is 7.32. The van der Waals surface area contributed by atoms with Crippen LogP contribution in [0.2, 0.25) is 0 Å². The second kappa shape index (κ2) is 10.2. The molecule has 0 bridgehead atoms. The predicted molar refractivity (Wildman–Crippen MR) is 104 cm³/mol. The summed E-state index contributed by atoms with van der Waals surface area (Å²) in [5.74, 6) is 7.13. The average Bonchev–Trinajstić information content (AvgIpc) is 3.19. The molecule has 3 rings (SSSR count). The molecule has 1 aliphatic carbocycles. The summed E-state index contributed by atoms with van der Waals surface area (Å²) in [5, 5.41) is 20.8.